The smallest absolute Gasteiger partial charge is 0.0900 e. The Morgan fingerprint density at radius 3 is 1.67 bits per heavy atom. The monoisotopic (exact) mass is 717 g/mol. The Hall–Kier alpha value is -7.01. The van der Waals surface area contributed by atoms with Crippen LogP contribution < -0.4 is 0 Å². The quantitative estimate of drug-likeness (QED) is 0.166. The maximum Gasteiger partial charge on any atom is 0.0900 e. The van der Waals surface area contributed by atoms with Crippen molar-refractivity contribution >= 4 is 63.8 Å². The first-order valence-corrected chi connectivity index (χ1v) is 19.3. The van der Waals surface area contributed by atoms with E-state index in [0.29, 0.717) is 0 Å². The maximum atomic E-state index is 4.98. The summed E-state index contributed by atoms with van der Waals surface area (Å²) >= 11 is 1.90. The molecule has 0 atom stereocenters. The highest BCUT2D eigenvalue weighted by Crippen LogP contribution is 2.48. The molecule has 256 valence electrons. The number of hydrogen-bond acceptors (Lipinski definition) is 4. The Morgan fingerprint density at radius 2 is 0.945 bits per heavy atom. The van der Waals surface area contributed by atoms with Gasteiger partial charge in [0, 0.05) is 38.1 Å². The lowest BCUT2D eigenvalue weighted by Crippen LogP contribution is -1.94. The topological polar surface area (TPSA) is 38.7 Å². The van der Waals surface area contributed by atoms with Gasteiger partial charge in [-0.15, -0.1) is 11.3 Å². The molecule has 0 saturated carbocycles. The molecule has 0 spiro atoms. The molecule has 0 aliphatic heterocycles. The highest BCUT2D eigenvalue weighted by Gasteiger charge is 2.20. The number of pyridine rings is 3. The first-order chi connectivity index (χ1) is 27.3. The molecule has 0 aliphatic carbocycles. The van der Waals surface area contributed by atoms with E-state index in [-0.39, 0.29) is 0 Å². The normalized spacial score (nSPS) is 11.6. The van der Waals surface area contributed by atoms with Crippen LogP contribution >= 0.6 is 11.3 Å². The third-order valence-corrected chi connectivity index (χ3v) is 12.0. The molecule has 0 saturated heterocycles. The predicted molar refractivity (Wildman–Crippen MR) is 232 cm³/mol. The Labute approximate surface area is 321 Å². The van der Waals surface area contributed by atoms with E-state index in [2.05, 4.69) is 149 Å². The van der Waals surface area contributed by atoms with Gasteiger partial charge in [0.05, 0.1) is 22.8 Å². The van der Waals surface area contributed by atoms with Crippen LogP contribution in [0, 0.1) is 0 Å². The highest BCUT2D eigenvalue weighted by molar-refractivity contribution is 7.26. The van der Waals surface area contributed by atoms with Crippen LogP contribution in [0.2, 0.25) is 0 Å². The molecule has 3 nitrogen and oxygen atoms in total. The van der Waals surface area contributed by atoms with Gasteiger partial charge in [0.25, 0.3) is 0 Å². The Kier molecular flexibility index (Phi) is 7.35. The third-order valence-electron chi connectivity index (χ3n) is 10.8. The predicted octanol–water partition coefficient (Wildman–Crippen LogP) is 14.0. The zero-order chi connectivity index (χ0) is 36.3. The zero-order valence-electron chi connectivity index (χ0n) is 29.6. The van der Waals surface area contributed by atoms with Crippen molar-refractivity contribution in [2.75, 3.05) is 0 Å². The van der Waals surface area contributed by atoms with Crippen molar-refractivity contribution < 1.29 is 0 Å². The second kappa shape index (κ2) is 12.8. The van der Waals surface area contributed by atoms with E-state index in [1.54, 1.807) is 0 Å². The van der Waals surface area contributed by atoms with Gasteiger partial charge in [-0.05, 0) is 115 Å². The molecule has 0 aliphatic rings. The summed E-state index contributed by atoms with van der Waals surface area (Å²) < 4.78 is 2.62. The van der Waals surface area contributed by atoms with Crippen LogP contribution in [0.15, 0.2) is 188 Å². The molecule has 4 heteroatoms. The first-order valence-electron chi connectivity index (χ1n) is 18.5. The van der Waals surface area contributed by atoms with Gasteiger partial charge >= 0.3 is 0 Å². The highest BCUT2D eigenvalue weighted by atomic mass is 32.1. The van der Waals surface area contributed by atoms with E-state index in [4.69, 9.17) is 4.98 Å². The van der Waals surface area contributed by atoms with Crippen molar-refractivity contribution in [1.29, 1.82) is 0 Å². The van der Waals surface area contributed by atoms with Crippen molar-refractivity contribution in [3.8, 4) is 56.2 Å². The summed E-state index contributed by atoms with van der Waals surface area (Å²) in [4.78, 5) is 14.2. The fourth-order valence-electron chi connectivity index (χ4n) is 8.22. The van der Waals surface area contributed by atoms with Gasteiger partial charge in [-0.1, -0.05) is 121 Å². The van der Waals surface area contributed by atoms with Crippen molar-refractivity contribution in [2.45, 2.75) is 0 Å². The molecule has 0 radical (unpaired) electrons. The van der Waals surface area contributed by atoms with Gasteiger partial charge in [-0.25, -0.2) is 4.98 Å². The van der Waals surface area contributed by atoms with Gasteiger partial charge in [-0.3, -0.25) is 9.97 Å². The molecule has 11 rings (SSSR count). The largest absolute Gasteiger partial charge is 0.255 e. The first kappa shape index (κ1) is 31.5. The van der Waals surface area contributed by atoms with Crippen molar-refractivity contribution in [3.05, 3.63) is 188 Å². The summed E-state index contributed by atoms with van der Waals surface area (Å²) in [6.45, 7) is 0. The van der Waals surface area contributed by atoms with Gasteiger partial charge in [0.1, 0.15) is 0 Å². The summed E-state index contributed by atoms with van der Waals surface area (Å²) in [5, 5.41) is 10.2. The van der Waals surface area contributed by atoms with E-state index >= 15 is 0 Å². The second-order valence-electron chi connectivity index (χ2n) is 14.0. The zero-order valence-corrected chi connectivity index (χ0v) is 30.5. The van der Waals surface area contributed by atoms with E-state index < -0.39 is 0 Å². The van der Waals surface area contributed by atoms with Crippen LogP contribution in [0.3, 0.4) is 0 Å². The van der Waals surface area contributed by atoms with Crippen LogP contribution in [0.25, 0.3) is 109 Å². The molecular formula is C51H31N3S. The molecule has 0 amide bonds. The summed E-state index contributed by atoms with van der Waals surface area (Å²) in [6.07, 6.45) is 3.62. The molecule has 4 aromatic heterocycles. The van der Waals surface area contributed by atoms with Gasteiger partial charge in [-0.2, -0.15) is 0 Å². The molecular weight excluding hydrogens is 687 g/mol. The SMILES string of the molecule is c1ccc(-c2cc(-c3ccc(-c4cccc5cc(-c6cc7ccccc7c7ccccc67)c6sc7ccccc7c6c45)cc3)cc(-c3ccccn3)n2)nc1. The fraction of sp³-hybridized carbons (Fsp3) is 0. The Morgan fingerprint density at radius 1 is 0.345 bits per heavy atom. The molecule has 0 bridgehead atoms. The lowest BCUT2D eigenvalue weighted by atomic mass is 9.88. The molecule has 0 fully saturated rings. The van der Waals surface area contributed by atoms with Crippen LogP contribution in [-0.4, -0.2) is 15.0 Å². The van der Waals surface area contributed by atoms with Crippen LogP contribution in [-0.2, 0) is 0 Å². The molecule has 0 unspecified atom stereocenters. The average Bonchev–Trinajstić information content (AvgIpc) is 3.66. The van der Waals surface area contributed by atoms with Crippen LogP contribution in [0.1, 0.15) is 0 Å². The minimum atomic E-state index is 0.818. The molecule has 4 heterocycles. The van der Waals surface area contributed by atoms with Crippen molar-refractivity contribution in [2.24, 2.45) is 0 Å². The lowest BCUT2D eigenvalue weighted by Gasteiger charge is -2.15. The third kappa shape index (κ3) is 5.30. The van der Waals surface area contributed by atoms with Crippen molar-refractivity contribution in [1.82, 2.24) is 15.0 Å². The fourth-order valence-corrected chi connectivity index (χ4v) is 9.46. The standard InChI is InChI=1S/C51H31N3S/c1-2-14-37-34(12-1)28-42(40-16-4-3-15-39(37)40)43-29-35-13-11-18-38(49(35)50-41-17-5-6-21-48(41)55-51(43)50)33-24-22-32(23-25-33)36-30-46(44-19-7-9-26-52-44)54-47(31-36)45-20-8-10-27-53-45/h1-31H. The number of aromatic nitrogens is 3. The summed E-state index contributed by atoms with van der Waals surface area (Å²) in [6, 6.07) is 63.1. The maximum absolute atomic E-state index is 4.98. The minimum absolute atomic E-state index is 0.818. The molecule has 7 aromatic carbocycles. The van der Waals surface area contributed by atoms with E-state index in [0.717, 1.165) is 33.9 Å². The Balaban J connectivity index is 1.10. The summed E-state index contributed by atoms with van der Waals surface area (Å²) in [5.74, 6) is 0. The number of rotatable bonds is 5. The summed E-state index contributed by atoms with van der Waals surface area (Å²) in [5.41, 5.74) is 10.4. The van der Waals surface area contributed by atoms with Crippen molar-refractivity contribution in [3.63, 3.8) is 0 Å². The Bertz CT molecular complexity index is 3180. The number of benzene rings is 7. The van der Waals surface area contributed by atoms with Gasteiger partial charge in [0.2, 0.25) is 0 Å². The molecule has 11 aromatic rings. The minimum Gasteiger partial charge on any atom is -0.255 e. The van der Waals surface area contributed by atoms with E-state index in [9.17, 15) is 0 Å². The number of hydrogen-bond donors (Lipinski definition) is 0. The van der Waals surface area contributed by atoms with Crippen LogP contribution in [0.4, 0.5) is 0 Å². The number of thiophene rings is 1. The van der Waals surface area contributed by atoms with Gasteiger partial charge < -0.3 is 0 Å². The van der Waals surface area contributed by atoms with Gasteiger partial charge in [0.15, 0.2) is 0 Å². The molecule has 0 N–H and O–H groups in total. The average molecular weight is 718 g/mol. The number of fused-ring (bicyclic) bond motifs is 8. The van der Waals surface area contributed by atoms with E-state index in [1.165, 1.54) is 74.7 Å². The lowest BCUT2D eigenvalue weighted by molar-refractivity contribution is 1.22. The van der Waals surface area contributed by atoms with Crippen LogP contribution in [0.5, 0.6) is 0 Å². The van der Waals surface area contributed by atoms with E-state index in [1.807, 2.05) is 60.1 Å². The number of nitrogens with zero attached hydrogens (tertiary/aromatic N) is 3. The molecule has 55 heavy (non-hydrogen) atoms. The second-order valence-corrected chi connectivity index (χ2v) is 15.0. The summed E-state index contributed by atoms with van der Waals surface area (Å²) in [7, 11) is 0.